The van der Waals surface area contributed by atoms with E-state index in [1.165, 1.54) is 12.1 Å². The Kier molecular flexibility index (Phi) is 4.70. The van der Waals surface area contributed by atoms with Gasteiger partial charge in [0.2, 0.25) is 0 Å². The first-order chi connectivity index (χ1) is 11.0. The molecule has 0 aliphatic heterocycles. The zero-order valence-electron chi connectivity index (χ0n) is 11.4. The van der Waals surface area contributed by atoms with Gasteiger partial charge < -0.3 is 5.32 Å². The average Bonchev–Trinajstić information content (AvgIpc) is 3.00. The lowest BCUT2D eigenvalue weighted by atomic mass is 10.1. The fraction of sp³-hybridized carbons (Fsp3) is 0. The Morgan fingerprint density at radius 1 is 1.22 bits per heavy atom. The lowest BCUT2D eigenvalue weighted by molar-refractivity contribution is 0.103. The second kappa shape index (κ2) is 6.74. The summed E-state index contributed by atoms with van der Waals surface area (Å²) in [6, 6.07) is 11.3. The number of rotatable bonds is 3. The lowest BCUT2D eigenvalue weighted by Gasteiger charge is -2.06. The minimum atomic E-state index is -0.529. The summed E-state index contributed by atoms with van der Waals surface area (Å²) in [5, 5.41) is 7.09. The minimum absolute atomic E-state index is 0.0913. The fourth-order valence-corrected chi connectivity index (χ4v) is 2.95. The predicted molar refractivity (Wildman–Crippen MR) is 92.4 cm³/mol. The first kappa shape index (κ1) is 16.0. The maximum atomic E-state index is 13.8. The van der Waals surface area contributed by atoms with Gasteiger partial charge in [-0.1, -0.05) is 44.2 Å². The van der Waals surface area contributed by atoms with E-state index in [2.05, 4.69) is 30.8 Å². The van der Waals surface area contributed by atoms with Gasteiger partial charge in [-0.3, -0.25) is 4.79 Å². The Hall–Kier alpha value is -1.83. The van der Waals surface area contributed by atoms with E-state index in [-0.39, 0.29) is 5.69 Å². The van der Waals surface area contributed by atoms with Gasteiger partial charge in [0.1, 0.15) is 16.4 Å². The molecule has 0 aliphatic rings. The van der Waals surface area contributed by atoms with Gasteiger partial charge in [0.25, 0.3) is 5.91 Å². The molecule has 0 bridgehead atoms. The molecular weight excluding hydrogens is 405 g/mol. The van der Waals surface area contributed by atoms with Gasteiger partial charge in [0, 0.05) is 15.1 Å². The van der Waals surface area contributed by atoms with Gasteiger partial charge in [-0.25, -0.2) is 4.39 Å². The van der Waals surface area contributed by atoms with E-state index in [9.17, 15) is 9.18 Å². The van der Waals surface area contributed by atoms with Gasteiger partial charge in [-0.2, -0.15) is 0 Å². The molecule has 0 atom stereocenters. The number of anilines is 1. The molecule has 23 heavy (non-hydrogen) atoms. The van der Waals surface area contributed by atoms with Crippen LogP contribution in [0.3, 0.4) is 0 Å². The molecule has 116 valence electrons. The number of nitrogens with zero attached hydrogens (tertiary/aromatic N) is 2. The van der Waals surface area contributed by atoms with Crippen LogP contribution in [-0.4, -0.2) is 15.5 Å². The lowest BCUT2D eigenvalue weighted by Crippen LogP contribution is -2.12. The molecule has 1 amide bonds. The second-order valence-corrected chi connectivity index (χ2v) is 6.64. The smallest absolute Gasteiger partial charge is 0.269 e. The average molecular weight is 413 g/mol. The van der Waals surface area contributed by atoms with Crippen LogP contribution in [0.25, 0.3) is 11.3 Å². The Morgan fingerprint density at radius 3 is 2.65 bits per heavy atom. The summed E-state index contributed by atoms with van der Waals surface area (Å²) >= 11 is 9.97. The van der Waals surface area contributed by atoms with Crippen molar-refractivity contribution in [3.63, 3.8) is 0 Å². The topological polar surface area (TPSA) is 54.9 Å². The maximum Gasteiger partial charge on any atom is 0.269 e. The quantitative estimate of drug-likeness (QED) is 0.658. The number of carbonyl (C=O) groups excluding carboxylic acids is 1. The highest BCUT2D eigenvalue weighted by Gasteiger charge is 2.19. The molecule has 0 saturated heterocycles. The van der Waals surface area contributed by atoms with Crippen LogP contribution >= 0.6 is 39.1 Å². The van der Waals surface area contributed by atoms with Crippen LogP contribution in [0.1, 0.15) is 9.67 Å². The number of nitrogens with one attached hydrogen (secondary N) is 1. The molecule has 0 fully saturated rings. The SMILES string of the molecule is O=C(Nc1ccc(Br)cc1F)c1snnc1-c1ccc(Cl)cc1. The number of benzene rings is 2. The van der Waals surface area contributed by atoms with E-state index in [1.54, 1.807) is 30.3 Å². The van der Waals surface area contributed by atoms with E-state index in [4.69, 9.17) is 11.6 Å². The van der Waals surface area contributed by atoms with E-state index in [0.717, 1.165) is 11.5 Å². The van der Waals surface area contributed by atoms with Crippen molar-refractivity contribution in [1.29, 1.82) is 0 Å². The number of hydrogen-bond acceptors (Lipinski definition) is 4. The predicted octanol–water partition coefficient (Wildman–Crippen LogP) is 5.01. The van der Waals surface area contributed by atoms with Crippen LogP contribution in [0.15, 0.2) is 46.9 Å². The van der Waals surface area contributed by atoms with E-state index >= 15 is 0 Å². The third-order valence-electron chi connectivity index (χ3n) is 2.99. The van der Waals surface area contributed by atoms with Gasteiger partial charge in [0.05, 0.1) is 5.69 Å². The van der Waals surface area contributed by atoms with Crippen LogP contribution in [0.5, 0.6) is 0 Å². The van der Waals surface area contributed by atoms with E-state index in [1.807, 2.05) is 0 Å². The summed E-state index contributed by atoms with van der Waals surface area (Å²) in [6.45, 7) is 0. The van der Waals surface area contributed by atoms with Crippen molar-refractivity contribution in [2.24, 2.45) is 0 Å². The Labute approximate surface area is 148 Å². The molecule has 0 saturated carbocycles. The summed E-state index contributed by atoms with van der Waals surface area (Å²) in [6.07, 6.45) is 0. The normalized spacial score (nSPS) is 10.6. The number of carbonyl (C=O) groups is 1. The van der Waals surface area contributed by atoms with Gasteiger partial charge in [-0.15, -0.1) is 5.10 Å². The molecule has 3 aromatic rings. The van der Waals surface area contributed by atoms with Crippen molar-refractivity contribution in [1.82, 2.24) is 9.59 Å². The molecule has 0 spiro atoms. The van der Waals surface area contributed by atoms with Gasteiger partial charge in [0.15, 0.2) is 0 Å². The zero-order chi connectivity index (χ0) is 16.4. The molecule has 3 rings (SSSR count). The van der Waals surface area contributed by atoms with Crippen LogP contribution in [-0.2, 0) is 0 Å². The van der Waals surface area contributed by atoms with Crippen LogP contribution < -0.4 is 5.32 Å². The van der Waals surface area contributed by atoms with Crippen molar-refractivity contribution in [3.05, 3.63) is 62.7 Å². The maximum absolute atomic E-state index is 13.8. The van der Waals surface area contributed by atoms with Crippen molar-refractivity contribution in [2.75, 3.05) is 5.32 Å². The van der Waals surface area contributed by atoms with E-state index in [0.29, 0.717) is 25.6 Å². The highest BCUT2D eigenvalue weighted by atomic mass is 79.9. The molecule has 0 radical (unpaired) electrons. The van der Waals surface area contributed by atoms with Crippen molar-refractivity contribution < 1.29 is 9.18 Å². The number of aromatic nitrogens is 2. The Bertz CT molecular complexity index is 869. The van der Waals surface area contributed by atoms with Crippen molar-refractivity contribution >= 4 is 50.7 Å². The second-order valence-electron chi connectivity index (χ2n) is 4.54. The standard InChI is InChI=1S/C15H8BrClFN3OS/c16-9-3-6-12(11(18)7-9)19-15(22)14-13(20-21-23-14)8-1-4-10(17)5-2-8/h1-7H,(H,19,22). The van der Waals surface area contributed by atoms with Crippen LogP contribution in [0.4, 0.5) is 10.1 Å². The first-order valence-corrected chi connectivity index (χ1v) is 8.34. The molecule has 0 unspecified atom stereocenters. The Balaban J connectivity index is 1.89. The molecule has 4 nitrogen and oxygen atoms in total. The van der Waals surface area contributed by atoms with Crippen LogP contribution in [0.2, 0.25) is 5.02 Å². The molecule has 1 aromatic heterocycles. The third kappa shape index (κ3) is 3.57. The zero-order valence-corrected chi connectivity index (χ0v) is 14.5. The molecular formula is C15H8BrClFN3OS. The number of hydrogen-bond donors (Lipinski definition) is 1. The summed E-state index contributed by atoms with van der Waals surface area (Å²) in [7, 11) is 0. The highest BCUT2D eigenvalue weighted by molar-refractivity contribution is 9.10. The third-order valence-corrected chi connectivity index (χ3v) is 4.46. The Morgan fingerprint density at radius 2 is 1.96 bits per heavy atom. The van der Waals surface area contributed by atoms with Crippen molar-refractivity contribution in [3.8, 4) is 11.3 Å². The molecule has 1 N–H and O–H groups in total. The first-order valence-electron chi connectivity index (χ1n) is 6.39. The van der Waals surface area contributed by atoms with Gasteiger partial charge >= 0.3 is 0 Å². The summed E-state index contributed by atoms with van der Waals surface area (Å²) in [4.78, 5) is 12.7. The molecule has 8 heteroatoms. The summed E-state index contributed by atoms with van der Waals surface area (Å²) < 4.78 is 18.2. The molecule has 2 aromatic carbocycles. The highest BCUT2D eigenvalue weighted by Crippen LogP contribution is 2.27. The summed E-state index contributed by atoms with van der Waals surface area (Å²) in [5.41, 5.74) is 1.24. The number of halogens is 3. The van der Waals surface area contributed by atoms with E-state index < -0.39 is 11.7 Å². The number of amides is 1. The molecule has 0 aliphatic carbocycles. The monoisotopic (exact) mass is 411 g/mol. The molecule has 1 heterocycles. The fourth-order valence-electron chi connectivity index (χ4n) is 1.91. The minimum Gasteiger partial charge on any atom is -0.319 e. The van der Waals surface area contributed by atoms with Crippen LogP contribution in [0, 0.1) is 5.82 Å². The largest absolute Gasteiger partial charge is 0.319 e. The summed E-state index contributed by atoms with van der Waals surface area (Å²) in [5.74, 6) is -0.996. The van der Waals surface area contributed by atoms with Gasteiger partial charge in [-0.05, 0) is 41.9 Å². The van der Waals surface area contributed by atoms with Crippen molar-refractivity contribution in [2.45, 2.75) is 0 Å².